The van der Waals surface area contributed by atoms with Crippen LogP contribution in [0.1, 0.15) is 36.0 Å². The zero-order valence-electron chi connectivity index (χ0n) is 18.4. The third-order valence-corrected chi connectivity index (χ3v) is 10.1. The van der Waals surface area contributed by atoms with Crippen LogP contribution in [-0.2, 0) is 19.9 Å². The minimum Gasteiger partial charge on any atom is -0.322 e. The lowest BCUT2D eigenvalue weighted by atomic mass is 9.85. The van der Waals surface area contributed by atoms with Crippen LogP contribution in [0.4, 0.5) is 18.9 Å². The lowest BCUT2D eigenvalue weighted by Crippen LogP contribution is -2.45. The topological polar surface area (TPSA) is 109 Å². The highest BCUT2D eigenvalue weighted by atomic mass is 35.5. The molecule has 2 N–H and O–H groups in total. The fraction of sp³-hybridized carbons (Fsp3) is 0.409. The summed E-state index contributed by atoms with van der Waals surface area (Å²) in [5.41, 5.74) is -0.474. The summed E-state index contributed by atoms with van der Waals surface area (Å²) in [7, 11) is -7.44. The minimum absolute atomic E-state index is 0.0868. The lowest BCUT2D eigenvalue weighted by Gasteiger charge is -2.35. The number of hydrogen-bond acceptors (Lipinski definition) is 5. The molecular weight excluding hydrogens is 529 g/mol. The predicted octanol–water partition coefficient (Wildman–Crippen LogP) is 3.89. The number of anilines is 1. The molecule has 2 saturated carbocycles. The Kier molecular flexibility index (Phi) is 6.95. The van der Waals surface area contributed by atoms with Gasteiger partial charge in [-0.2, -0.15) is 0 Å². The van der Waals surface area contributed by atoms with Gasteiger partial charge in [-0.1, -0.05) is 11.6 Å². The van der Waals surface area contributed by atoms with Crippen LogP contribution in [-0.4, -0.2) is 40.3 Å². The van der Waals surface area contributed by atoms with E-state index >= 15 is 0 Å². The van der Waals surface area contributed by atoms with Crippen LogP contribution >= 0.6 is 11.6 Å². The molecular formula is C22H22ClF3N2O5S2. The summed E-state index contributed by atoms with van der Waals surface area (Å²) >= 11 is 6.21. The molecule has 0 aromatic heterocycles. The number of halogens is 4. The van der Waals surface area contributed by atoms with Crippen molar-refractivity contribution in [2.45, 2.75) is 41.9 Å². The number of carbonyl (C=O) groups excluding carboxylic acids is 1. The maximum Gasteiger partial charge on any atom is 0.255 e. The molecule has 1 amide bonds. The molecule has 2 atom stereocenters. The second-order valence-corrected chi connectivity index (χ2v) is 13.3. The van der Waals surface area contributed by atoms with E-state index in [1.54, 1.807) is 0 Å². The smallest absolute Gasteiger partial charge is 0.255 e. The number of rotatable bonds is 6. The molecule has 2 aliphatic carbocycles. The van der Waals surface area contributed by atoms with E-state index in [9.17, 15) is 34.8 Å². The molecule has 190 valence electrons. The molecule has 0 saturated heterocycles. The SMILES string of the molecule is CS(=O)(=O)NC1CC2CCC(C1)C2S(=O)(=O)c1cc(C(=O)Nc2cc(F)c(F)c(F)c2)ccc1Cl. The summed E-state index contributed by atoms with van der Waals surface area (Å²) in [5.74, 6) is -6.09. The number of sulfone groups is 1. The first-order chi connectivity index (χ1) is 16.3. The van der Waals surface area contributed by atoms with E-state index in [1.807, 2.05) is 0 Å². The van der Waals surface area contributed by atoms with E-state index in [0.717, 1.165) is 12.3 Å². The zero-order chi connectivity index (χ0) is 25.7. The van der Waals surface area contributed by atoms with Gasteiger partial charge in [0.2, 0.25) is 10.0 Å². The van der Waals surface area contributed by atoms with Gasteiger partial charge in [0.1, 0.15) is 0 Å². The molecule has 0 spiro atoms. The largest absolute Gasteiger partial charge is 0.322 e. The number of sulfonamides is 1. The number of hydrogen-bond donors (Lipinski definition) is 2. The van der Waals surface area contributed by atoms with Crippen molar-refractivity contribution >= 4 is 43.1 Å². The summed E-state index contributed by atoms with van der Waals surface area (Å²) in [6.45, 7) is 0. The molecule has 13 heteroatoms. The fourth-order valence-corrected chi connectivity index (χ4v) is 8.89. The average molecular weight is 551 g/mol. The van der Waals surface area contributed by atoms with E-state index in [4.69, 9.17) is 11.6 Å². The second kappa shape index (κ2) is 9.38. The Labute approximate surface area is 206 Å². The van der Waals surface area contributed by atoms with Crippen molar-refractivity contribution in [1.82, 2.24) is 4.72 Å². The number of benzene rings is 2. The quantitative estimate of drug-likeness (QED) is 0.530. The first-order valence-corrected chi connectivity index (χ1v) is 14.5. The molecule has 2 aromatic carbocycles. The van der Waals surface area contributed by atoms with E-state index in [2.05, 4.69) is 10.0 Å². The Bertz CT molecular complexity index is 1360. The Morgan fingerprint density at radius 3 is 2.09 bits per heavy atom. The number of nitrogens with one attached hydrogen (secondary N) is 2. The van der Waals surface area contributed by atoms with Crippen LogP contribution < -0.4 is 10.0 Å². The molecule has 2 aromatic rings. The zero-order valence-corrected chi connectivity index (χ0v) is 20.8. The summed E-state index contributed by atoms with van der Waals surface area (Å²) in [6, 6.07) is 4.46. The molecule has 35 heavy (non-hydrogen) atoms. The van der Waals surface area contributed by atoms with Crippen LogP contribution in [0.5, 0.6) is 0 Å². The molecule has 0 heterocycles. The van der Waals surface area contributed by atoms with Crippen molar-refractivity contribution in [3.05, 3.63) is 58.4 Å². The summed E-state index contributed by atoms with van der Waals surface area (Å²) in [4.78, 5) is 12.4. The monoisotopic (exact) mass is 550 g/mol. The van der Waals surface area contributed by atoms with Crippen molar-refractivity contribution in [3.8, 4) is 0 Å². The van der Waals surface area contributed by atoms with Crippen molar-refractivity contribution in [2.24, 2.45) is 11.8 Å². The van der Waals surface area contributed by atoms with Crippen molar-refractivity contribution in [1.29, 1.82) is 0 Å². The highest BCUT2D eigenvalue weighted by molar-refractivity contribution is 7.92. The van der Waals surface area contributed by atoms with Gasteiger partial charge in [-0.3, -0.25) is 4.79 Å². The van der Waals surface area contributed by atoms with Gasteiger partial charge in [-0.25, -0.2) is 34.7 Å². The van der Waals surface area contributed by atoms with E-state index in [0.29, 0.717) is 37.8 Å². The molecule has 0 radical (unpaired) electrons. The Balaban J connectivity index is 1.59. The first kappa shape index (κ1) is 25.9. The average Bonchev–Trinajstić information content (AvgIpc) is 3.03. The molecule has 2 bridgehead atoms. The Hall–Kier alpha value is -2.15. The third-order valence-electron chi connectivity index (χ3n) is 6.49. The normalized spacial score (nSPS) is 24.4. The van der Waals surface area contributed by atoms with Crippen LogP contribution in [0.25, 0.3) is 0 Å². The van der Waals surface area contributed by atoms with E-state index in [1.165, 1.54) is 12.1 Å². The Morgan fingerprint density at radius 1 is 0.971 bits per heavy atom. The van der Waals surface area contributed by atoms with Crippen molar-refractivity contribution in [2.75, 3.05) is 11.6 Å². The molecule has 4 rings (SSSR count). The summed E-state index contributed by atoms with van der Waals surface area (Å²) in [6.07, 6.45) is 3.04. The molecule has 2 aliphatic rings. The number of amides is 1. The molecule has 2 fully saturated rings. The van der Waals surface area contributed by atoms with E-state index in [-0.39, 0.29) is 39.0 Å². The van der Waals surface area contributed by atoms with Crippen molar-refractivity contribution in [3.63, 3.8) is 0 Å². The van der Waals surface area contributed by atoms with Crippen LogP contribution in [0.15, 0.2) is 35.2 Å². The van der Waals surface area contributed by atoms with Gasteiger partial charge in [-0.15, -0.1) is 0 Å². The number of fused-ring (bicyclic) bond motifs is 2. The van der Waals surface area contributed by atoms with Crippen LogP contribution in [0.2, 0.25) is 5.02 Å². The molecule has 0 aliphatic heterocycles. The van der Waals surface area contributed by atoms with E-state index < -0.39 is 48.5 Å². The number of carbonyl (C=O) groups is 1. The van der Waals surface area contributed by atoms with Gasteiger partial charge in [-0.05, 0) is 55.7 Å². The maximum absolute atomic E-state index is 13.6. The lowest BCUT2D eigenvalue weighted by molar-refractivity contribution is 0.102. The van der Waals surface area contributed by atoms with Crippen LogP contribution in [0.3, 0.4) is 0 Å². The van der Waals surface area contributed by atoms with Gasteiger partial charge in [0.05, 0.1) is 21.4 Å². The van der Waals surface area contributed by atoms with Gasteiger partial charge in [0, 0.05) is 29.4 Å². The second-order valence-electron chi connectivity index (χ2n) is 9.02. The maximum atomic E-state index is 13.6. The standard InChI is InChI=1S/C22H22ClF3N2O5S2/c1-34(30,31)28-15-6-11-2-3-12(7-15)21(11)35(32,33)19-8-13(4-5-16(19)23)22(29)27-14-9-17(24)20(26)18(25)10-14/h4-5,8-12,15,21,28H,2-3,6-7H2,1H3,(H,27,29). The van der Waals surface area contributed by atoms with Gasteiger partial charge in [0.15, 0.2) is 27.3 Å². The van der Waals surface area contributed by atoms with Gasteiger partial charge in [0.25, 0.3) is 5.91 Å². The fourth-order valence-electron chi connectivity index (χ4n) is 5.22. The van der Waals surface area contributed by atoms with Crippen molar-refractivity contribution < 1.29 is 34.8 Å². The summed E-state index contributed by atoms with van der Waals surface area (Å²) in [5, 5.41) is 1.35. The predicted molar refractivity (Wildman–Crippen MR) is 124 cm³/mol. The molecule has 2 unspecified atom stereocenters. The third kappa shape index (κ3) is 5.35. The Morgan fingerprint density at radius 2 is 1.54 bits per heavy atom. The minimum atomic E-state index is -4.00. The summed E-state index contributed by atoms with van der Waals surface area (Å²) < 4.78 is 93.2. The van der Waals surface area contributed by atoms with Gasteiger partial charge < -0.3 is 5.32 Å². The molecule has 7 nitrogen and oxygen atoms in total. The van der Waals surface area contributed by atoms with Crippen LogP contribution in [0, 0.1) is 29.3 Å². The highest BCUT2D eigenvalue weighted by Crippen LogP contribution is 2.48. The van der Waals surface area contributed by atoms with Gasteiger partial charge >= 0.3 is 0 Å². The first-order valence-electron chi connectivity index (χ1n) is 10.7. The highest BCUT2D eigenvalue weighted by Gasteiger charge is 2.50.